The molecule has 1 aromatic rings. The standard InChI is InChI=1S/C10H14F2N2O3S/c1-14(2)3-4-17-10-8(11)5-7(6-9(10)12)18(13,15)16/h5-6H,3-4H2,1-2H3,(H2,13,15,16). The van der Waals surface area contributed by atoms with Crippen LogP contribution in [0.3, 0.4) is 0 Å². The number of ether oxygens (including phenoxy) is 1. The summed E-state index contributed by atoms with van der Waals surface area (Å²) >= 11 is 0. The highest BCUT2D eigenvalue weighted by Crippen LogP contribution is 2.24. The number of primary sulfonamides is 1. The summed E-state index contributed by atoms with van der Waals surface area (Å²) in [4.78, 5) is 1.14. The topological polar surface area (TPSA) is 72.6 Å². The molecular weight excluding hydrogens is 266 g/mol. The largest absolute Gasteiger partial charge is 0.486 e. The van der Waals surface area contributed by atoms with E-state index in [4.69, 9.17) is 9.88 Å². The summed E-state index contributed by atoms with van der Waals surface area (Å²) in [7, 11) is -0.586. The quantitative estimate of drug-likeness (QED) is 0.855. The highest BCUT2D eigenvalue weighted by atomic mass is 32.2. The molecule has 0 spiro atoms. The van der Waals surface area contributed by atoms with Gasteiger partial charge in [0.2, 0.25) is 10.0 Å². The van der Waals surface area contributed by atoms with Gasteiger partial charge in [0, 0.05) is 6.54 Å². The monoisotopic (exact) mass is 280 g/mol. The van der Waals surface area contributed by atoms with E-state index in [1.54, 1.807) is 19.0 Å². The van der Waals surface area contributed by atoms with Crippen LogP contribution in [0.15, 0.2) is 17.0 Å². The molecule has 0 amide bonds. The second-order valence-electron chi connectivity index (χ2n) is 3.91. The highest BCUT2D eigenvalue weighted by Gasteiger charge is 2.17. The number of benzene rings is 1. The number of likely N-dealkylation sites (N-methyl/N-ethyl adjacent to an activating group) is 1. The van der Waals surface area contributed by atoms with Crippen LogP contribution >= 0.6 is 0 Å². The maximum Gasteiger partial charge on any atom is 0.238 e. The molecule has 0 aliphatic carbocycles. The first-order valence-electron chi connectivity index (χ1n) is 5.01. The van der Waals surface area contributed by atoms with Crippen LogP contribution in [0.25, 0.3) is 0 Å². The molecule has 5 nitrogen and oxygen atoms in total. The number of nitrogens with zero attached hydrogens (tertiary/aromatic N) is 1. The fraction of sp³-hybridized carbons (Fsp3) is 0.400. The van der Waals surface area contributed by atoms with E-state index in [-0.39, 0.29) is 6.61 Å². The second-order valence-corrected chi connectivity index (χ2v) is 5.47. The first kappa shape index (κ1) is 14.8. The maximum atomic E-state index is 13.5. The molecular formula is C10H14F2N2O3S. The van der Waals surface area contributed by atoms with Gasteiger partial charge in [-0.1, -0.05) is 0 Å². The van der Waals surface area contributed by atoms with Crippen LogP contribution in [0.2, 0.25) is 0 Å². The van der Waals surface area contributed by atoms with Crippen LogP contribution in [0.5, 0.6) is 5.75 Å². The smallest absolute Gasteiger partial charge is 0.238 e. The third kappa shape index (κ3) is 3.90. The van der Waals surface area contributed by atoms with Crippen molar-refractivity contribution in [2.45, 2.75) is 4.90 Å². The van der Waals surface area contributed by atoms with Crippen LogP contribution in [0.4, 0.5) is 8.78 Å². The molecule has 102 valence electrons. The van der Waals surface area contributed by atoms with Crippen molar-refractivity contribution in [3.63, 3.8) is 0 Å². The first-order valence-corrected chi connectivity index (χ1v) is 6.56. The first-order chi connectivity index (χ1) is 8.21. The minimum atomic E-state index is -4.14. The van der Waals surface area contributed by atoms with Gasteiger partial charge < -0.3 is 9.64 Å². The third-order valence-electron chi connectivity index (χ3n) is 2.09. The van der Waals surface area contributed by atoms with Crippen LogP contribution in [-0.4, -0.2) is 40.6 Å². The molecule has 0 radical (unpaired) electrons. The normalized spacial score (nSPS) is 11.9. The van der Waals surface area contributed by atoms with Gasteiger partial charge in [0.25, 0.3) is 0 Å². The average Bonchev–Trinajstić information content (AvgIpc) is 2.20. The molecule has 0 saturated carbocycles. The Morgan fingerprint density at radius 2 is 1.78 bits per heavy atom. The van der Waals surface area contributed by atoms with Crippen LogP contribution in [0, 0.1) is 11.6 Å². The van der Waals surface area contributed by atoms with E-state index in [0.717, 1.165) is 0 Å². The van der Waals surface area contributed by atoms with Gasteiger partial charge in [-0.25, -0.2) is 22.3 Å². The Kier molecular flexibility index (Phi) is 4.60. The van der Waals surface area contributed by atoms with E-state index >= 15 is 0 Å². The SMILES string of the molecule is CN(C)CCOc1c(F)cc(S(N)(=O)=O)cc1F. The zero-order valence-corrected chi connectivity index (χ0v) is 10.8. The van der Waals surface area contributed by atoms with Crippen molar-refractivity contribution in [3.8, 4) is 5.75 Å². The van der Waals surface area contributed by atoms with Gasteiger partial charge in [0.1, 0.15) is 6.61 Å². The predicted octanol–water partition coefficient (Wildman–Crippen LogP) is 0.553. The van der Waals surface area contributed by atoms with Gasteiger partial charge in [0.05, 0.1) is 4.90 Å². The van der Waals surface area contributed by atoms with Gasteiger partial charge >= 0.3 is 0 Å². The highest BCUT2D eigenvalue weighted by molar-refractivity contribution is 7.89. The summed E-state index contributed by atoms with van der Waals surface area (Å²) < 4.78 is 53.8. The van der Waals surface area contributed by atoms with Crippen molar-refractivity contribution in [1.29, 1.82) is 0 Å². The van der Waals surface area contributed by atoms with Gasteiger partial charge in [-0.15, -0.1) is 0 Å². The van der Waals surface area contributed by atoms with Crippen LogP contribution in [0.1, 0.15) is 0 Å². The number of sulfonamides is 1. The van der Waals surface area contributed by atoms with Crippen LogP contribution < -0.4 is 9.88 Å². The second kappa shape index (κ2) is 5.59. The molecule has 18 heavy (non-hydrogen) atoms. The molecule has 0 atom stereocenters. The van der Waals surface area contributed by atoms with E-state index in [1.807, 2.05) is 0 Å². The molecule has 0 heterocycles. The fourth-order valence-corrected chi connectivity index (χ4v) is 1.70. The molecule has 8 heteroatoms. The lowest BCUT2D eigenvalue weighted by Gasteiger charge is -2.12. The number of hydrogen-bond acceptors (Lipinski definition) is 4. The molecule has 0 saturated heterocycles. The summed E-state index contributed by atoms with van der Waals surface area (Å²) in [6.45, 7) is 0.547. The van der Waals surface area contributed by atoms with Crippen molar-refractivity contribution in [3.05, 3.63) is 23.8 Å². The molecule has 0 bridgehead atoms. The van der Waals surface area contributed by atoms with Crippen LogP contribution in [-0.2, 0) is 10.0 Å². The maximum absolute atomic E-state index is 13.5. The number of nitrogens with two attached hydrogens (primary N) is 1. The Bertz CT molecular complexity index is 509. The molecule has 2 N–H and O–H groups in total. The Morgan fingerprint density at radius 1 is 1.28 bits per heavy atom. The Balaban J connectivity index is 2.95. The molecule has 0 aromatic heterocycles. The number of rotatable bonds is 5. The van der Waals surface area contributed by atoms with E-state index < -0.39 is 32.3 Å². The summed E-state index contributed by atoms with van der Waals surface area (Å²) in [5.41, 5.74) is 0. The minimum absolute atomic E-state index is 0.0789. The molecule has 1 aromatic carbocycles. The number of halogens is 2. The van der Waals surface area contributed by atoms with Gasteiger partial charge in [-0.05, 0) is 26.2 Å². The van der Waals surface area contributed by atoms with Crippen molar-refractivity contribution >= 4 is 10.0 Å². The molecule has 0 unspecified atom stereocenters. The van der Waals surface area contributed by atoms with E-state index in [2.05, 4.69) is 0 Å². The van der Waals surface area contributed by atoms with Crippen molar-refractivity contribution in [2.75, 3.05) is 27.2 Å². The van der Waals surface area contributed by atoms with Gasteiger partial charge in [0.15, 0.2) is 17.4 Å². The molecule has 0 fully saturated rings. The average molecular weight is 280 g/mol. The number of hydrogen-bond donors (Lipinski definition) is 1. The molecule has 0 aliphatic rings. The van der Waals surface area contributed by atoms with Gasteiger partial charge in [-0.3, -0.25) is 0 Å². The Morgan fingerprint density at radius 3 is 2.17 bits per heavy atom. The summed E-state index contributed by atoms with van der Waals surface area (Å²) in [5.74, 6) is -2.81. The lowest BCUT2D eigenvalue weighted by atomic mass is 10.3. The summed E-state index contributed by atoms with van der Waals surface area (Å²) in [5, 5.41) is 4.78. The van der Waals surface area contributed by atoms with Crippen molar-refractivity contribution in [2.24, 2.45) is 5.14 Å². The van der Waals surface area contributed by atoms with E-state index in [9.17, 15) is 17.2 Å². The minimum Gasteiger partial charge on any atom is -0.486 e. The molecule has 0 aliphatic heterocycles. The Labute approximate surface area is 104 Å². The fourth-order valence-electron chi connectivity index (χ4n) is 1.17. The van der Waals surface area contributed by atoms with Crippen molar-refractivity contribution in [1.82, 2.24) is 4.90 Å². The van der Waals surface area contributed by atoms with Gasteiger partial charge in [-0.2, -0.15) is 0 Å². The lowest BCUT2D eigenvalue weighted by molar-refractivity contribution is 0.242. The third-order valence-corrected chi connectivity index (χ3v) is 2.98. The lowest BCUT2D eigenvalue weighted by Crippen LogP contribution is -2.20. The Hall–Kier alpha value is -1.25. The molecule has 1 rings (SSSR count). The zero-order valence-electron chi connectivity index (χ0n) is 9.98. The summed E-state index contributed by atoms with van der Waals surface area (Å²) in [6.07, 6.45) is 0. The summed E-state index contributed by atoms with van der Waals surface area (Å²) in [6, 6.07) is 1.26. The van der Waals surface area contributed by atoms with Crippen molar-refractivity contribution < 1.29 is 21.9 Å². The predicted molar refractivity (Wildman–Crippen MR) is 61.8 cm³/mol. The van der Waals surface area contributed by atoms with E-state index in [0.29, 0.717) is 18.7 Å². The van der Waals surface area contributed by atoms with E-state index in [1.165, 1.54) is 0 Å². The zero-order chi connectivity index (χ0) is 13.9.